The summed E-state index contributed by atoms with van der Waals surface area (Å²) in [6.07, 6.45) is 0. The molecule has 1 aliphatic rings. The second-order valence-corrected chi connectivity index (χ2v) is 6.36. The fourth-order valence-corrected chi connectivity index (χ4v) is 3.23. The topological polar surface area (TPSA) is 58.4 Å². The molecular weight excluding hydrogens is 377 g/mol. The van der Waals surface area contributed by atoms with Gasteiger partial charge in [0.15, 0.2) is 0 Å². The lowest BCUT2D eigenvalue weighted by molar-refractivity contribution is 0.218. The number of hydrogen-bond acceptors (Lipinski definition) is 2. The summed E-state index contributed by atoms with van der Waals surface area (Å²) in [5.74, 6) is 0. The van der Waals surface area contributed by atoms with E-state index in [0.29, 0.717) is 6.54 Å². The summed E-state index contributed by atoms with van der Waals surface area (Å²) in [4.78, 5) is 13.3. The summed E-state index contributed by atoms with van der Waals surface area (Å²) < 4.78 is 1.16. The largest absolute Gasteiger partial charge is 0.323 e. The van der Waals surface area contributed by atoms with Crippen LogP contribution in [0.1, 0.15) is 22.7 Å². The Kier molecular flexibility index (Phi) is 3.86. The Morgan fingerprint density at radius 1 is 1.29 bits per heavy atom. The molecule has 0 aromatic heterocycles. The smallest absolute Gasteiger partial charge is 0.321 e. The van der Waals surface area contributed by atoms with Crippen LogP contribution in [0.3, 0.4) is 0 Å². The summed E-state index contributed by atoms with van der Waals surface area (Å²) in [5.41, 5.74) is 10.5. The minimum atomic E-state index is -0.161. The van der Waals surface area contributed by atoms with Crippen LogP contribution in [-0.4, -0.2) is 18.0 Å². The number of anilines is 1. The van der Waals surface area contributed by atoms with Gasteiger partial charge in [-0.25, -0.2) is 4.79 Å². The quantitative estimate of drug-likeness (QED) is 0.770. The van der Waals surface area contributed by atoms with E-state index >= 15 is 0 Å². The maximum Gasteiger partial charge on any atom is 0.321 e. The van der Waals surface area contributed by atoms with Gasteiger partial charge in [0.1, 0.15) is 0 Å². The first kappa shape index (κ1) is 14.3. The van der Waals surface area contributed by atoms with Gasteiger partial charge in [0.05, 0.1) is 6.04 Å². The third-order valence-corrected chi connectivity index (χ3v) is 4.71. The molecule has 3 rings (SSSR count). The molecule has 1 aliphatic heterocycles. The predicted octanol–water partition coefficient (Wildman–Crippen LogP) is 3.32. The summed E-state index contributed by atoms with van der Waals surface area (Å²) in [7, 11) is 1.78. The Morgan fingerprint density at radius 3 is 2.81 bits per heavy atom. The van der Waals surface area contributed by atoms with Crippen molar-refractivity contribution in [3.05, 3.63) is 62.7 Å². The van der Waals surface area contributed by atoms with E-state index in [1.165, 1.54) is 0 Å². The molecule has 21 heavy (non-hydrogen) atoms. The zero-order chi connectivity index (χ0) is 15.0. The number of halogens is 1. The van der Waals surface area contributed by atoms with Gasteiger partial charge in [0.2, 0.25) is 0 Å². The number of nitrogens with two attached hydrogens (primary N) is 1. The highest BCUT2D eigenvalue weighted by molar-refractivity contribution is 14.1. The van der Waals surface area contributed by atoms with Crippen molar-refractivity contribution in [3.8, 4) is 0 Å². The molecule has 2 aromatic carbocycles. The number of benzene rings is 2. The van der Waals surface area contributed by atoms with Crippen molar-refractivity contribution >= 4 is 34.3 Å². The first-order valence-electron chi connectivity index (χ1n) is 6.71. The SMILES string of the molecule is CN1Cc2cc(C(N)c3ccccc3I)ccc2NC1=O. The van der Waals surface area contributed by atoms with Crippen LogP contribution in [0.5, 0.6) is 0 Å². The molecule has 0 bridgehead atoms. The highest BCUT2D eigenvalue weighted by Crippen LogP contribution is 2.29. The number of carbonyl (C=O) groups excluding carboxylic acids is 1. The number of urea groups is 1. The van der Waals surface area contributed by atoms with Crippen LogP contribution in [0, 0.1) is 3.57 Å². The van der Waals surface area contributed by atoms with Gasteiger partial charge in [-0.2, -0.15) is 0 Å². The van der Waals surface area contributed by atoms with E-state index in [0.717, 1.165) is 25.9 Å². The van der Waals surface area contributed by atoms with Gasteiger partial charge in [-0.15, -0.1) is 0 Å². The zero-order valence-electron chi connectivity index (χ0n) is 11.6. The Hall–Kier alpha value is -1.60. The van der Waals surface area contributed by atoms with Crippen LogP contribution in [-0.2, 0) is 6.54 Å². The number of nitrogens with one attached hydrogen (secondary N) is 1. The molecular formula is C16H16IN3O. The summed E-state index contributed by atoms with van der Waals surface area (Å²) >= 11 is 2.31. The highest BCUT2D eigenvalue weighted by Gasteiger charge is 2.21. The molecule has 108 valence electrons. The monoisotopic (exact) mass is 393 g/mol. The summed E-state index contributed by atoms with van der Waals surface area (Å²) in [6, 6.07) is 13.9. The Balaban J connectivity index is 1.96. The second-order valence-electron chi connectivity index (χ2n) is 5.20. The van der Waals surface area contributed by atoms with Crippen molar-refractivity contribution in [1.29, 1.82) is 0 Å². The summed E-state index contributed by atoms with van der Waals surface area (Å²) in [6.45, 7) is 0.605. The van der Waals surface area contributed by atoms with Gasteiger partial charge in [0, 0.05) is 22.8 Å². The zero-order valence-corrected chi connectivity index (χ0v) is 13.8. The van der Waals surface area contributed by atoms with Gasteiger partial charge in [-0.3, -0.25) is 0 Å². The number of hydrogen-bond donors (Lipinski definition) is 2. The van der Waals surface area contributed by atoms with E-state index in [2.05, 4.69) is 46.1 Å². The number of amides is 2. The lowest BCUT2D eigenvalue weighted by atomic mass is 9.96. The molecule has 0 aliphatic carbocycles. The highest BCUT2D eigenvalue weighted by atomic mass is 127. The number of nitrogens with zero attached hydrogens (tertiary/aromatic N) is 1. The van der Waals surface area contributed by atoms with E-state index < -0.39 is 0 Å². The van der Waals surface area contributed by atoms with Crippen LogP contribution in [0.25, 0.3) is 0 Å². The number of fused-ring (bicyclic) bond motifs is 1. The van der Waals surface area contributed by atoms with E-state index in [1.807, 2.05) is 24.3 Å². The van der Waals surface area contributed by atoms with E-state index in [9.17, 15) is 4.79 Å². The Labute approximate surface area is 137 Å². The average molecular weight is 393 g/mol. The van der Waals surface area contributed by atoms with Gasteiger partial charge >= 0.3 is 6.03 Å². The maximum absolute atomic E-state index is 11.6. The molecule has 0 radical (unpaired) electrons. The van der Waals surface area contributed by atoms with Crippen molar-refractivity contribution in [3.63, 3.8) is 0 Å². The lowest BCUT2D eigenvalue weighted by Gasteiger charge is -2.27. The normalized spacial score (nSPS) is 15.4. The van der Waals surface area contributed by atoms with Gasteiger partial charge in [-0.1, -0.05) is 30.3 Å². The standard InChI is InChI=1S/C16H16IN3O/c1-20-9-11-8-10(6-7-14(11)19-16(20)21)15(18)12-4-2-3-5-13(12)17/h2-8,15H,9,18H2,1H3,(H,19,21). The van der Waals surface area contributed by atoms with E-state index in [1.54, 1.807) is 11.9 Å². The Morgan fingerprint density at radius 2 is 2.05 bits per heavy atom. The average Bonchev–Trinajstić information content (AvgIpc) is 2.48. The molecule has 0 saturated carbocycles. The van der Waals surface area contributed by atoms with Crippen molar-refractivity contribution in [2.24, 2.45) is 5.73 Å². The number of rotatable bonds is 2. The van der Waals surface area contributed by atoms with Crippen LogP contribution < -0.4 is 11.1 Å². The van der Waals surface area contributed by atoms with Crippen LogP contribution in [0.15, 0.2) is 42.5 Å². The summed E-state index contributed by atoms with van der Waals surface area (Å²) in [5, 5.41) is 2.87. The molecule has 1 heterocycles. The molecule has 1 unspecified atom stereocenters. The Bertz CT molecular complexity index is 702. The molecule has 0 spiro atoms. The first-order chi connectivity index (χ1) is 10.1. The molecule has 0 saturated heterocycles. The first-order valence-corrected chi connectivity index (χ1v) is 7.79. The van der Waals surface area contributed by atoms with E-state index in [4.69, 9.17) is 5.73 Å². The third-order valence-electron chi connectivity index (χ3n) is 3.72. The molecule has 5 heteroatoms. The van der Waals surface area contributed by atoms with Gasteiger partial charge in [-0.05, 0) is 51.4 Å². The second kappa shape index (κ2) is 5.65. The molecule has 0 fully saturated rings. The molecule has 4 nitrogen and oxygen atoms in total. The lowest BCUT2D eigenvalue weighted by Crippen LogP contribution is -2.35. The molecule has 2 aromatic rings. The maximum atomic E-state index is 11.6. The van der Waals surface area contributed by atoms with E-state index in [-0.39, 0.29) is 12.1 Å². The fraction of sp³-hybridized carbons (Fsp3) is 0.188. The van der Waals surface area contributed by atoms with Crippen molar-refractivity contribution in [2.75, 3.05) is 12.4 Å². The fourth-order valence-electron chi connectivity index (χ4n) is 2.50. The van der Waals surface area contributed by atoms with Crippen molar-refractivity contribution in [1.82, 2.24) is 4.90 Å². The van der Waals surface area contributed by atoms with Gasteiger partial charge in [0.25, 0.3) is 0 Å². The molecule has 3 N–H and O–H groups in total. The van der Waals surface area contributed by atoms with Crippen molar-refractivity contribution in [2.45, 2.75) is 12.6 Å². The predicted molar refractivity (Wildman–Crippen MR) is 92.1 cm³/mol. The third kappa shape index (κ3) is 2.75. The van der Waals surface area contributed by atoms with Crippen LogP contribution >= 0.6 is 22.6 Å². The van der Waals surface area contributed by atoms with Gasteiger partial charge < -0.3 is 16.0 Å². The van der Waals surface area contributed by atoms with Crippen molar-refractivity contribution < 1.29 is 4.79 Å². The molecule has 2 amide bonds. The van der Waals surface area contributed by atoms with Crippen LogP contribution in [0.2, 0.25) is 0 Å². The minimum absolute atomic E-state index is 0.0721. The molecule has 1 atom stereocenters. The number of carbonyl (C=O) groups is 1. The minimum Gasteiger partial charge on any atom is -0.323 e. The van der Waals surface area contributed by atoms with Crippen LogP contribution in [0.4, 0.5) is 10.5 Å².